The molecule has 0 radical (unpaired) electrons. The molecule has 0 aliphatic carbocycles. The third-order valence-corrected chi connectivity index (χ3v) is 3.79. The van der Waals surface area contributed by atoms with Gasteiger partial charge in [-0.2, -0.15) is 0 Å². The zero-order valence-electron chi connectivity index (χ0n) is 13.5. The molecule has 0 saturated heterocycles. The second kappa shape index (κ2) is 6.72. The van der Waals surface area contributed by atoms with Gasteiger partial charge in [-0.1, -0.05) is 12.1 Å². The Bertz CT molecular complexity index is 978. The first-order chi connectivity index (χ1) is 12.7. The Kier molecular flexibility index (Phi) is 4.10. The Hall–Kier alpha value is -3.61. The number of nitrogens with one attached hydrogen (secondary N) is 2. The van der Waals surface area contributed by atoms with E-state index < -0.39 is 11.7 Å². The highest BCUT2D eigenvalue weighted by Gasteiger charge is 2.14. The average Bonchev–Trinajstić information content (AvgIpc) is 3.11. The molecule has 7 heteroatoms. The summed E-state index contributed by atoms with van der Waals surface area (Å²) in [6.45, 7) is 0.197. The fraction of sp³-hybridized carbons (Fsp3) is 0.0526. The van der Waals surface area contributed by atoms with Gasteiger partial charge in [-0.3, -0.25) is 4.79 Å². The first-order valence-corrected chi connectivity index (χ1v) is 7.88. The van der Waals surface area contributed by atoms with E-state index in [1.54, 1.807) is 36.4 Å². The zero-order chi connectivity index (χ0) is 17.9. The summed E-state index contributed by atoms with van der Waals surface area (Å²) < 4.78 is 24.3. The van der Waals surface area contributed by atoms with E-state index in [-0.39, 0.29) is 12.5 Å². The van der Waals surface area contributed by atoms with Gasteiger partial charge in [0.1, 0.15) is 11.6 Å². The van der Waals surface area contributed by atoms with Crippen molar-refractivity contribution in [3.63, 3.8) is 0 Å². The molecule has 1 aliphatic rings. The van der Waals surface area contributed by atoms with Crippen LogP contribution in [0.4, 0.5) is 21.6 Å². The molecule has 6 nitrogen and oxygen atoms in total. The lowest BCUT2D eigenvalue weighted by Crippen LogP contribution is -2.13. The predicted octanol–water partition coefficient (Wildman–Crippen LogP) is 3.95. The van der Waals surface area contributed by atoms with E-state index in [0.29, 0.717) is 22.9 Å². The van der Waals surface area contributed by atoms with Crippen LogP contribution in [-0.4, -0.2) is 17.7 Å². The highest BCUT2D eigenvalue weighted by Crippen LogP contribution is 2.34. The Labute approximate surface area is 148 Å². The third kappa shape index (κ3) is 3.27. The van der Waals surface area contributed by atoms with Crippen molar-refractivity contribution in [2.45, 2.75) is 0 Å². The number of halogens is 1. The SMILES string of the molecule is O=C(Nc1ccccc1F)c1ccnc(Nc2ccc3c(c2)OCO3)c1. The first kappa shape index (κ1) is 15.9. The minimum atomic E-state index is -0.492. The van der Waals surface area contributed by atoms with E-state index in [4.69, 9.17) is 9.47 Å². The van der Waals surface area contributed by atoms with E-state index in [0.717, 1.165) is 5.69 Å². The molecule has 0 fully saturated rings. The number of amides is 1. The van der Waals surface area contributed by atoms with Crippen LogP contribution in [0.25, 0.3) is 0 Å². The summed E-state index contributed by atoms with van der Waals surface area (Å²) in [5.41, 5.74) is 1.22. The van der Waals surface area contributed by atoms with Crippen molar-refractivity contribution in [3.05, 3.63) is 72.2 Å². The van der Waals surface area contributed by atoms with Crippen molar-refractivity contribution in [1.29, 1.82) is 0 Å². The molecule has 0 atom stereocenters. The molecule has 0 unspecified atom stereocenters. The van der Waals surface area contributed by atoms with Crippen molar-refractivity contribution in [2.24, 2.45) is 0 Å². The van der Waals surface area contributed by atoms with Gasteiger partial charge in [0.25, 0.3) is 5.91 Å². The number of benzene rings is 2. The molecule has 2 heterocycles. The van der Waals surface area contributed by atoms with Crippen molar-refractivity contribution in [2.75, 3.05) is 17.4 Å². The molecule has 130 valence electrons. The molecule has 4 rings (SSSR count). The lowest BCUT2D eigenvalue weighted by atomic mass is 10.2. The summed E-state index contributed by atoms with van der Waals surface area (Å²) in [6, 6.07) is 14.5. The quantitative estimate of drug-likeness (QED) is 0.745. The Morgan fingerprint density at radius 3 is 2.77 bits per heavy atom. The fourth-order valence-corrected chi connectivity index (χ4v) is 2.52. The Morgan fingerprint density at radius 1 is 1.04 bits per heavy atom. The third-order valence-electron chi connectivity index (χ3n) is 3.79. The van der Waals surface area contributed by atoms with Crippen LogP contribution >= 0.6 is 0 Å². The van der Waals surface area contributed by atoms with Gasteiger partial charge in [-0.25, -0.2) is 9.37 Å². The number of rotatable bonds is 4. The van der Waals surface area contributed by atoms with E-state index in [2.05, 4.69) is 15.6 Å². The van der Waals surface area contributed by atoms with Crippen LogP contribution in [0.3, 0.4) is 0 Å². The van der Waals surface area contributed by atoms with Gasteiger partial charge in [0.05, 0.1) is 5.69 Å². The number of pyridine rings is 1. The van der Waals surface area contributed by atoms with Crippen molar-refractivity contribution in [3.8, 4) is 11.5 Å². The number of hydrogen-bond donors (Lipinski definition) is 2. The van der Waals surface area contributed by atoms with Crippen molar-refractivity contribution >= 4 is 23.1 Å². The summed E-state index contributed by atoms with van der Waals surface area (Å²) in [5.74, 6) is 0.884. The molecule has 0 spiro atoms. The molecule has 2 N–H and O–H groups in total. The first-order valence-electron chi connectivity index (χ1n) is 7.88. The maximum Gasteiger partial charge on any atom is 0.255 e. The standard InChI is InChI=1S/C19H14FN3O3/c20-14-3-1-2-4-15(14)23-19(24)12-7-8-21-18(9-12)22-13-5-6-16-17(10-13)26-11-25-16/h1-10H,11H2,(H,21,22)(H,23,24). The van der Waals surface area contributed by atoms with Crippen LogP contribution in [0.5, 0.6) is 11.5 Å². The molecule has 3 aromatic rings. The van der Waals surface area contributed by atoms with Gasteiger partial charge in [-0.05, 0) is 36.4 Å². The van der Waals surface area contributed by atoms with Crippen LogP contribution < -0.4 is 20.1 Å². The van der Waals surface area contributed by atoms with E-state index in [1.807, 2.05) is 6.07 Å². The van der Waals surface area contributed by atoms with Crippen LogP contribution in [0, 0.1) is 5.82 Å². The molecule has 1 aromatic heterocycles. The fourth-order valence-electron chi connectivity index (χ4n) is 2.52. The monoisotopic (exact) mass is 351 g/mol. The summed E-state index contributed by atoms with van der Waals surface area (Å²) in [5, 5.41) is 5.65. The minimum Gasteiger partial charge on any atom is -0.454 e. The number of anilines is 3. The molecule has 1 aliphatic heterocycles. The molecule has 26 heavy (non-hydrogen) atoms. The van der Waals surface area contributed by atoms with E-state index in [1.165, 1.54) is 18.3 Å². The number of aromatic nitrogens is 1. The highest BCUT2D eigenvalue weighted by atomic mass is 19.1. The minimum absolute atomic E-state index is 0.125. The molecule has 0 saturated carbocycles. The van der Waals surface area contributed by atoms with Gasteiger partial charge < -0.3 is 20.1 Å². The number of nitrogens with zero attached hydrogens (tertiary/aromatic N) is 1. The normalized spacial score (nSPS) is 11.9. The smallest absolute Gasteiger partial charge is 0.255 e. The second-order valence-electron chi connectivity index (χ2n) is 5.56. The van der Waals surface area contributed by atoms with Crippen LogP contribution in [0.1, 0.15) is 10.4 Å². The summed E-state index contributed by atoms with van der Waals surface area (Å²) in [6.07, 6.45) is 1.51. The van der Waals surface area contributed by atoms with Gasteiger partial charge in [-0.15, -0.1) is 0 Å². The summed E-state index contributed by atoms with van der Waals surface area (Å²) in [7, 11) is 0. The Balaban J connectivity index is 1.51. The number of para-hydroxylation sites is 1. The van der Waals surface area contributed by atoms with Gasteiger partial charge in [0.2, 0.25) is 6.79 Å². The predicted molar refractivity (Wildman–Crippen MR) is 94.4 cm³/mol. The summed E-state index contributed by atoms with van der Waals surface area (Å²) in [4.78, 5) is 16.6. The number of carbonyl (C=O) groups excluding carboxylic acids is 1. The lowest BCUT2D eigenvalue weighted by Gasteiger charge is -2.09. The molecule has 0 bridgehead atoms. The molecular weight excluding hydrogens is 337 g/mol. The maximum atomic E-state index is 13.7. The van der Waals surface area contributed by atoms with Crippen molar-refractivity contribution < 1.29 is 18.7 Å². The van der Waals surface area contributed by atoms with Gasteiger partial charge in [0.15, 0.2) is 11.5 Å². The second-order valence-corrected chi connectivity index (χ2v) is 5.56. The van der Waals surface area contributed by atoms with E-state index >= 15 is 0 Å². The number of carbonyl (C=O) groups is 1. The largest absolute Gasteiger partial charge is 0.454 e. The van der Waals surface area contributed by atoms with Crippen LogP contribution in [-0.2, 0) is 0 Å². The topological polar surface area (TPSA) is 72.5 Å². The van der Waals surface area contributed by atoms with Crippen LogP contribution in [0.2, 0.25) is 0 Å². The average molecular weight is 351 g/mol. The molecule has 1 amide bonds. The van der Waals surface area contributed by atoms with E-state index in [9.17, 15) is 9.18 Å². The lowest BCUT2D eigenvalue weighted by molar-refractivity contribution is 0.102. The molecular formula is C19H14FN3O3. The van der Waals surface area contributed by atoms with Gasteiger partial charge in [0, 0.05) is 23.5 Å². The van der Waals surface area contributed by atoms with Crippen molar-refractivity contribution in [1.82, 2.24) is 4.98 Å². The highest BCUT2D eigenvalue weighted by molar-refractivity contribution is 6.04. The van der Waals surface area contributed by atoms with Crippen LogP contribution in [0.15, 0.2) is 60.8 Å². The number of hydrogen-bond acceptors (Lipinski definition) is 5. The summed E-state index contributed by atoms with van der Waals surface area (Å²) >= 11 is 0. The van der Waals surface area contributed by atoms with Gasteiger partial charge >= 0.3 is 0 Å². The Morgan fingerprint density at radius 2 is 1.88 bits per heavy atom. The molecule has 2 aromatic carbocycles. The number of ether oxygens (including phenoxy) is 2. The number of fused-ring (bicyclic) bond motifs is 1. The zero-order valence-corrected chi connectivity index (χ0v) is 13.5. The maximum absolute atomic E-state index is 13.7.